The van der Waals surface area contributed by atoms with E-state index >= 15 is 0 Å². The van der Waals surface area contributed by atoms with Gasteiger partial charge in [0.15, 0.2) is 5.78 Å². The number of hydrogen-bond donors (Lipinski definition) is 0. The summed E-state index contributed by atoms with van der Waals surface area (Å²) in [4.78, 5) is 25.3. The molecule has 0 atom stereocenters. The lowest BCUT2D eigenvalue weighted by Crippen LogP contribution is -2.13. The highest BCUT2D eigenvalue weighted by Gasteiger charge is 2.26. The predicted molar refractivity (Wildman–Crippen MR) is 48.2 cm³/mol. The van der Waals surface area contributed by atoms with Crippen molar-refractivity contribution in [3.63, 3.8) is 0 Å². The van der Waals surface area contributed by atoms with E-state index in [1.54, 1.807) is 6.07 Å². The molecule has 5 heteroatoms. The van der Waals surface area contributed by atoms with Gasteiger partial charge in [0.25, 0.3) is 5.70 Å². The second-order valence-corrected chi connectivity index (χ2v) is 2.87. The van der Waals surface area contributed by atoms with Crippen LogP contribution >= 0.6 is 0 Å². The summed E-state index contributed by atoms with van der Waals surface area (Å²) in [6, 6.07) is 3.11. The highest BCUT2D eigenvalue weighted by molar-refractivity contribution is 6.02. The number of hydrogen-bond acceptors (Lipinski definition) is 4. The van der Waals surface area contributed by atoms with Crippen LogP contribution < -0.4 is 0 Å². The summed E-state index contributed by atoms with van der Waals surface area (Å²) in [7, 11) is 0. The number of carbonyl (C=O) groups excluding carboxylic acids is 1. The van der Waals surface area contributed by atoms with Gasteiger partial charge in [-0.2, -0.15) is 0 Å². The third kappa shape index (κ3) is 1.19. The van der Waals surface area contributed by atoms with Gasteiger partial charge in [-0.05, 0) is 12.1 Å². The number of allylic oxidation sites excluding steroid dienone is 1. The van der Waals surface area contributed by atoms with Crippen molar-refractivity contribution in [1.29, 1.82) is 0 Å². The number of Topliss-reactive ketones (excluding diaryl/α,β-unsaturated/α-hetero) is 1. The largest absolute Gasteiger partial charge is 0.292 e. The minimum Gasteiger partial charge on any atom is -0.292 e. The van der Waals surface area contributed by atoms with Crippen molar-refractivity contribution in [2.75, 3.05) is 0 Å². The Morgan fingerprint density at radius 1 is 1.50 bits per heavy atom. The average Bonchev–Trinajstić information content (AvgIpc) is 2.18. The average molecular weight is 190 g/mol. The number of fused-ring (bicyclic) bond motifs is 1. The van der Waals surface area contributed by atoms with Crippen LogP contribution in [0.3, 0.4) is 0 Å². The van der Waals surface area contributed by atoms with Gasteiger partial charge in [0, 0.05) is 18.7 Å². The van der Waals surface area contributed by atoms with E-state index in [4.69, 9.17) is 0 Å². The van der Waals surface area contributed by atoms with Gasteiger partial charge in [-0.25, -0.2) is 0 Å². The second-order valence-electron chi connectivity index (χ2n) is 2.87. The van der Waals surface area contributed by atoms with E-state index in [1.807, 2.05) is 0 Å². The quantitative estimate of drug-likeness (QED) is 0.494. The standard InChI is InChI=1S/C9H6N2O3/c12-8-4-3-7(11(13)14)6-2-1-5-10-9(6)8/h1-3,5H,4H2. The lowest BCUT2D eigenvalue weighted by Gasteiger charge is -2.08. The normalized spacial score (nSPS) is 14.6. The number of rotatable bonds is 1. The molecule has 5 nitrogen and oxygen atoms in total. The van der Waals surface area contributed by atoms with Gasteiger partial charge >= 0.3 is 0 Å². The van der Waals surface area contributed by atoms with E-state index in [0.717, 1.165) is 0 Å². The first-order valence-corrected chi connectivity index (χ1v) is 4.03. The van der Waals surface area contributed by atoms with Gasteiger partial charge in [-0.15, -0.1) is 0 Å². The van der Waals surface area contributed by atoms with Crippen molar-refractivity contribution in [2.45, 2.75) is 6.42 Å². The molecule has 1 aromatic heterocycles. The summed E-state index contributed by atoms with van der Waals surface area (Å²) in [6.07, 6.45) is 2.84. The number of aromatic nitrogens is 1. The zero-order valence-corrected chi connectivity index (χ0v) is 7.14. The predicted octanol–water partition coefficient (Wildman–Crippen LogP) is 1.29. The van der Waals surface area contributed by atoms with Crippen molar-refractivity contribution < 1.29 is 9.72 Å². The van der Waals surface area contributed by atoms with E-state index in [1.165, 1.54) is 18.3 Å². The van der Waals surface area contributed by atoms with E-state index in [9.17, 15) is 14.9 Å². The molecule has 1 heterocycles. The zero-order valence-electron chi connectivity index (χ0n) is 7.14. The molecule has 0 saturated carbocycles. The molecule has 0 unspecified atom stereocenters. The first kappa shape index (κ1) is 8.55. The first-order valence-electron chi connectivity index (χ1n) is 4.03. The highest BCUT2D eigenvalue weighted by atomic mass is 16.6. The maximum Gasteiger partial charge on any atom is 0.275 e. The second kappa shape index (κ2) is 3.02. The molecule has 0 fully saturated rings. The van der Waals surface area contributed by atoms with Gasteiger partial charge in [-0.3, -0.25) is 19.9 Å². The fourth-order valence-electron chi connectivity index (χ4n) is 1.40. The van der Waals surface area contributed by atoms with E-state index in [-0.39, 0.29) is 23.6 Å². The molecule has 2 rings (SSSR count). The Morgan fingerprint density at radius 3 is 3.00 bits per heavy atom. The summed E-state index contributed by atoms with van der Waals surface area (Å²) in [5.74, 6) is -0.175. The monoisotopic (exact) mass is 190 g/mol. The molecule has 0 N–H and O–H groups in total. The number of ketones is 1. The lowest BCUT2D eigenvalue weighted by molar-refractivity contribution is -0.375. The van der Waals surface area contributed by atoms with Crippen LogP contribution in [0.5, 0.6) is 0 Å². The van der Waals surface area contributed by atoms with Crippen LogP contribution in [0.4, 0.5) is 0 Å². The van der Waals surface area contributed by atoms with Crippen molar-refractivity contribution in [2.24, 2.45) is 0 Å². The third-order valence-corrected chi connectivity index (χ3v) is 2.03. The highest BCUT2D eigenvalue weighted by Crippen LogP contribution is 2.24. The number of carbonyl (C=O) groups is 1. The van der Waals surface area contributed by atoms with Crippen molar-refractivity contribution >= 4 is 11.5 Å². The molecular weight excluding hydrogens is 184 g/mol. The Morgan fingerprint density at radius 2 is 2.29 bits per heavy atom. The van der Waals surface area contributed by atoms with Gasteiger partial charge in [0.05, 0.1) is 10.5 Å². The summed E-state index contributed by atoms with van der Waals surface area (Å²) >= 11 is 0. The van der Waals surface area contributed by atoms with Gasteiger partial charge in [0.2, 0.25) is 0 Å². The van der Waals surface area contributed by atoms with Crippen LogP contribution in [0.15, 0.2) is 24.4 Å². The van der Waals surface area contributed by atoms with Crippen LogP contribution in [-0.2, 0) is 0 Å². The summed E-state index contributed by atoms with van der Waals surface area (Å²) < 4.78 is 0. The Labute approximate surface area is 79.2 Å². The molecule has 1 aromatic rings. The molecule has 0 bridgehead atoms. The zero-order chi connectivity index (χ0) is 10.1. The molecule has 14 heavy (non-hydrogen) atoms. The molecular formula is C9H6N2O3. The molecule has 0 aromatic carbocycles. The van der Waals surface area contributed by atoms with E-state index < -0.39 is 4.92 Å². The van der Waals surface area contributed by atoms with E-state index in [0.29, 0.717) is 5.56 Å². The van der Waals surface area contributed by atoms with Crippen LogP contribution in [0.1, 0.15) is 22.5 Å². The minimum atomic E-state index is -0.493. The van der Waals surface area contributed by atoms with Gasteiger partial charge in [-0.1, -0.05) is 0 Å². The molecule has 0 amide bonds. The van der Waals surface area contributed by atoms with Crippen molar-refractivity contribution in [3.8, 4) is 0 Å². The third-order valence-electron chi connectivity index (χ3n) is 2.03. The fourth-order valence-corrected chi connectivity index (χ4v) is 1.40. The molecule has 0 saturated heterocycles. The number of pyridine rings is 1. The Balaban J connectivity index is 2.62. The van der Waals surface area contributed by atoms with Crippen LogP contribution in [0.2, 0.25) is 0 Å². The van der Waals surface area contributed by atoms with Crippen LogP contribution in [0.25, 0.3) is 5.70 Å². The van der Waals surface area contributed by atoms with E-state index in [2.05, 4.69) is 4.98 Å². The molecule has 70 valence electrons. The molecule has 1 aliphatic carbocycles. The van der Waals surface area contributed by atoms with Gasteiger partial charge in [0.1, 0.15) is 5.69 Å². The summed E-state index contributed by atoms with van der Waals surface area (Å²) in [5.41, 5.74) is 0.475. The molecule has 0 aliphatic heterocycles. The maximum absolute atomic E-state index is 11.3. The number of nitrogens with zero attached hydrogens (tertiary/aromatic N) is 2. The summed E-state index contributed by atoms with van der Waals surface area (Å²) in [6.45, 7) is 0. The summed E-state index contributed by atoms with van der Waals surface area (Å²) in [5, 5.41) is 10.6. The Hall–Kier alpha value is -2.04. The number of nitro groups is 1. The van der Waals surface area contributed by atoms with Crippen LogP contribution in [-0.4, -0.2) is 15.7 Å². The van der Waals surface area contributed by atoms with Crippen molar-refractivity contribution in [3.05, 3.63) is 45.8 Å². The molecule has 1 aliphatic rings. The smallest absolute Gasteiger partial charge is 0.275 e. The van der Waals surface area contributed by atoms with Crippen molar-refractivity contribution in [1.82, 2.24) is 4.98 Å². The van der Waals surface area contributed by atoms with Gasteiger partial charge < -0.3 is 0 Å². The van der Waals surface area contributed by atoms with Crippen LogP contribution in [0, 0.1) is 10.1 Å². The topological polar surface area (TPSA) is 73.1 Å². The molecule has 0 spiro atoms. The Kier molecular flexibility index (Phi) is 1.85. The SMILES string of the molecule is O=C1CC=C([N+](=O)[O-])c2cccnc21. The first-order chi connectivity index (χ1) is 6.70. The maximum atomic E-state index is 11.3. The Bertz CT molecular complexity index is 451. The lowest BCUT2D eigenvalue weighted by atomic mass is 9.99. The molecule has 0 radical (unpaired) electrons. The minimum absolute atomic E-state index is 0.0345. The fraction of sp³-hybridized carbons (Fsp3) is 0.111.